The number of nitrogens with zero attached hydrogens (tertiary/aromatic N) is 2. The molecule has 178 valence electrons. The van der Waals surface area contributed by atoms with E-state index in [1.807, 2.05) is 11.0 Å². The molecule has 2 aromatic rings. The maximum Gasteiger partial charge on any atom is 0.416 e. The van der Waals surface area contributed by atoms with Crippen LogP contribution in [0.25, 0.3) is 0 Å². The number of ether oxygens (including phenoxy) is 1. The number of fused-ring (bicyclic) bond motifs is 1. The number of cyclic esters (lactones) is 1. The lowest BCUT2D eigenvalue weighted by molar-refractivity contribution is -0.137. The minimum Gasteiger partial charge on any atom is -0.444 e. The summed E-state index contributed by atoms with van der Waals surface area (Å²) in [6.45, 7) is 1.49. The van der Waals surface area contributed by atoms with E-state index in [2.05, 4.69) is 5.32 Å². The molecule has 2 aliphatic heterocycles. The number of carbonyl (C=O) groups excluding carboxylic acids is 2. The molecule has 2 amide bonds. The zero-order chi connectivity index (χ0) is 22.9. The number of hydrogen-bond donors (Lipinski definition) is 1. The van der Waals surface area contributed by atoms with Crippen LogP contribution >= 0.6 is 24.0 Å². The summed E-state index contributed by atoms with van der Waals surface area (Å²) in [5.41, 5.74) is 1.20. The fourth-order valence-corrected chi connectivity index (χ4v) is 4.23. The molecule has 0 bridgehead atoms. The highest BCUT2D eigenvalue weighted by molar-refractivity contribution is 6.30. The average molecular weight is 504 g/mol. The molecule has 0 aliphatic carbocycles. The third-order valence-electron chi connectivity index (χ3n) is 5.63. The van der Waals surface area contributed by atoms with Crippen molar-refractivity contribution in [3.63, 3.8) is 0 Å². The van der Waals surface area contributed by atoms with Gasteiger partial charge in [-0.15, -0.1) is 12.4 Å². The summed E-state index contributed by atoms with van der Waals surface area (Å²) in [5.74, 6) is -0.305. The van der Waals surface area contributed by atoms with E-state index >= 15 is 0 Å². The quantitative estimate of drug-likeness (QED) is 0.611. The number of benzene rings is 2. The Morgan fingerprint density at radius 3 is 2.42 bits per heavy atom. The Bertz CT molecular complexity index is 1010. The van der Waals surface area contributed by atoms with Crippen LogP contribution in [0.4, 0.5) is 29.3 Å². The van der Waals surface area contributed by atoms with Gasteiger partial charge >= 0.3 is 12.3 Å². The Labute approximate surface area is 200 Å². The summed E-state index contributed by atoms with van der Waals surface area (Å²) in [5, 5.41) is 3.20. The van der Waals surface area contributed by atoms with Crippen molar-refractivity contribution in [2.45, 2.75) is 31.7 Å². The van der Waals surface area contributed by atoms with Crippen molar-refractivity contribution in [3.8, 4) is 0 Å². The number of halogens is 5. The molecule has 6 nitrogen and oxygen atoms in total. The number of carbonyl (C=O) groups is 2. The van der Waals surface area contributed by atoms with Gasteiger partial charge in [0, 0.05) is 35.4 Å². The van der Waals surface area contributed by atoms with Gasteiger partial charge in [0.05, 0.1) is 17.8 Å². The molecule has 0 radical (unpaired) electrons. The van der Waals surface area contributed by atoms with Crippen LogP contribution in [0, 0.1) is 0 Å². The zero-order valence-corrected chi connectivity index (χ0v) is 19.0. The Morgan fingerprint density at radius 2 is 1.79 bits per heavy atom. The number of piperidine rings is 1. The molecule has 0 atom stereocenters. The molecule has 1 N–H and O–H groups in total. The number of rotatable bonds is 4. The third kappa shape index (κ3) is 5.90. The number of alkyl halides is 3. The van der Waals surface area contributed by atoms with Gasteiger partial charge < -0.3 is 10.1 Å². The summed E-state index contributed by atoms with van der Waals surface area (Å²) < 4.78 is 43.2. The minimum atomic E-state index is -4.42. The van der Waals surface area contributed by atoms with E-state index in [-0.39, 0.29) is 37.5 Å². The largest absolute Gasteiger partial charge is 0.444 e. The van der Waals surface area contributed by atoms with E-state index in [1.54, 1.807) is 17.0 Å². The Hall–Kier alpha value is -2.49. The van der Waals surface area contributed by atoms with Gasteiger partial charge in [-0.2, -0.15) is 13.2 Å². The highest BCUT2D eigenvalue weighted by atomic mass is 35.5. The second kappa shape index (κ2) is 10.2. The van der Waals surface area contributed by atoms with Crippen LogP contribution in [0.1, 0.15) is 24.0 Å². The van der Waals surface area contributed by atoms with E-state index in [4.69, 9.17) is 16.3 Å². The van der Waals surface area contributed by atoms with Crippen LogP contribution in [0.15, 0.2) is 42.5 Å². The van der Waals surface area contributed by atoms with Crippen LogP contribution in [0.5, 0.6) is 0 Å². The summed E-state index contributed by atoms with van der Waals surface area (Å²) >= 11 is 6.05. The standard InChI is InChI=1S/C22H21ClF3N3O3.ClH/c23-16-3-6-19-14(11-16)13-32-21(31)29(19)18-7-9-28(10-8-18)12-20(30)27-17-4-1-15(2-5-17)22(24,25)26;/h1-6,11,18H,7-10,12-13H2,(H,27,30);1H. The van der Waals surface area contributed by atoms with Crippen LogP contribution in [-0.2, 0) is 22.3 Å². The molecule has 0 unspecified atom stereocenters. The smallest absolute Gasteiger partial charge is 0.416 e. The normalized spacial score (nSPS) is 17.1. The molecular weight excluding hydrogens is 482 g/mol. The van der Waals surface area contributed by atoms with Gasteiger partial charge in [-0.1, -0.05) is 11.6 Å². The van der Waals surface area contributed by atoms with Crippen molar-refractivity contribution in [3.05, 3.63) is 58.6 Å². The van der Waals surface area contributed by atoms with Gasteiger partial charge in [0.25, 0.3) is 0 Å². The van der Waals surface area contributed by atoms with Gasteiger partial charge in [-0.05, 0) is 55.3 Å². The summed E-state index contributed by atoms with van der Waals surface area (Å²) in [4.78, 5) is 28.3. The van der Waals surface area contributed by atoms with Gasteiger partial charge in [0.2, 0.25) is 5.91 Å². The number of likely N-dealkylation sites (tertiary alicyclic amines) is 1. The predicted molar refractivity (Wildman–Crippen MR) is 121 cm³/mol. The summed E-state index contributed by atoms with van der Waals surface area (Å²) in [6.07, 6.45) is -3.49. The van der Waals surface area contributed by atoms with Crippen molar-refractivity contribution >= 4 is 47.4 Å². The molecule has 2 aromatic carbocycles. The molecular formula is C22H22Cl2F3N3O3. The molecule has 1 saturated heterocycles. The van der Waals surface area contributed by atoms with Gasteiger partial charge in [-0.25, -0.2) is 4.79 Å². The van der Waals surface area contributed by atoms with Gasteiger partial charge in [0.1, 0.15) is 6.61 Å². The molecule has 0 spiro atoms. The van der Waals surface area contributed by atoms with Crippen LogP contribution in [-0.4, -0.2) is 42.6 Å². The number of hydrogen-bond acceptors (Lipinski definition) is 4. The van der Waals surface area contributed by atoms with Crippen molar-refractivity contribution in [2.75, 3.05) is 29.9 Å². The fraction of sp³-hybridized carbons (Fsp3) is 0.364. The van der Waals surface area contributed by atoms with Crippen molar-refractivity contribution < 1.29 is 27.5 Å². The van der Waals surface area contributed by atoms with Gasteiger partial charge in [-0.3, -0.25) is 14.6 Å². The minimum absolute atomic E-state index is 0. The van der Waals surface area contributed by atoms with E-state index in [0.717, 1.165) is 23.4 Å². The lowest BCUT2D eigenvalue weighted by Gasteiger charge is -2.40. The first-order valence-electron chi connectivity index (χ1n) is 10.1. The highest BCUT2D eigenvalue weighted by Crippen LogP contribution is 2.34. The monoisotopic (exact) mass is 503 g/mol. The molecule has 11 heteroatoms. The predicted octanol–water partition coefficient (Wildman–Crippen LogP) is 5.34. The third-order valence-corrected chi connectivity index (χ3v) is 5.87. The molecule has 0 saturated carbocycles. The molecule has 0 aromatic heterocycles. The van der Waals surface area contributed by atoms with Crippen LogP contribution in [0.3, 0.4) is 0 Å². The van der Waals surface area contributed by atoms with E-state index in [9.17, 15) is 22.8 Å². The number of anilines is 2. The Kier molecular flexibility index (Phi) is 7.76. The Balaban J connectivity index is 0.00000306. The topological polar surface area (TPSA) is 61.9 Å². The maximum absolute atomic E-state index is 12.6. The van der Waals surface area contributed by atoms with Crippen molar-refractivity contribution in [1.82, 2.24) is 4.90 Å². The molecule has 4 rings (SSSR count). The van der Waals surface area contributed by atoms with Crippen molar-refractivity contribution in [2.24, 2.45) is 0 Å². The molecule has 33 heavy (non-hydrogen) atoms. The van der Waals surface area contributed by atoms with E-state index in [1.165, 1.54) is 12.1 Å². The van der Waals surface area contributed by atoms with Gasteiger partial charge in [0.15, 0.2) is 0 Å². The SMILES string of the molecule is Cl.O=C(CN1CCC(N2C(=O)OCc3cc(Cl)ccc32)CC1)Nc1ccc(C(F)(F)F)cc1. The highest BCUT2D eigenvalue weighted by Gasteiger charge is 2.34. The van der Waals surface area contributed by atoms with Crippen LogP contribution in [0.2, 0.25) is 5.02 Å². The number of amides is 2. The molecule has 2 heterocycles. The second-order valence-corrected chi connectivity index (χ2v) is 8.26. The van der Waals surface area contributed by atoms with Crippen LogP contribution < -0.4 is 10.2 Å². The lowest BCUT2D eigenvalue weighted by atomic mass is 10.0. The first-order chi connectivity index (χ1) is 15.2. The molecule has 2 aliphatic rings. The summed E-state index contributed by atoms with van der Waals surface area (Å²) in [7, 11) is 0. The Morgan fingerprint density at radius 1 is 1.12 bits per heavy atom. The second-order valence-electron chi connectivity index (χ2n) is 7.83. The number of nitrogens with one attached hydrogen (secondary N) is 1. The molecule has 1 fully saturated rings. The maximum atomic E-state index is 12.6. The average Bonchev–Trinajstić information content (AvgIpc) is 2.74. The fourth-order valence-electron chi connectivity index (χ4n) is 4.04. The zero-order valence-electron chi connectivity index (χ0n) is 17.4. The van der Waals surface area contributed by atoms with E-state index in [0.29, 0.717) is 36.6 Å². The summed E-state index contributed by atoms with van der Waals surface area (Å²) in [6, 6.07) is 9.63. The first-order valence-corrected chi connectivity index (χ1v) is 10.5. The van der Waals surface area contributed by atoms with E-state index < -0.39 is 17.8 Å². The first kappa shape index (κ1) is 25.1. The lowest BCUT2D eigenvalue weighted by Crippen LogP contribution is -2.50. The van der Waals surface area contributed by atoms with Crippen molar-refractivity contribution in [1.29, 1.82) is 0 Å².